The Bertz CT molecular complexity index is 703. The van der Waals surface area contributed by atoms with Crippen molar-refractivity contribution in [3.63, 3.8) is 0 Å². The highest BCUT2D eigenvalue weighted by Gasteiger charge is 2.23. The van der Waals surface area contributed by atoms with E-state index in [2.05, 4.69) is 10.2 Å². The second-order valence-corrected chi connectivity index (χ2v) is 6.07. The molecule has 0 N–H and O–H groups in total. The molecule has 0 unspecified atom stereocenters. The number of aromatic nitrogens is 4. The van der Waals surface area contributed by atoms with Crippen LogP contribution in [0.15, 0.2) is 6.20 Å². The molecular weight excluding hydrogens is 302 g/mol. The Morgan fingerprint density at radius 1 is 1.36 bits per heavy atom. The van der Waals surface area contributed by atoms with Gasteiger partial charge in [0.15, 0.2) is 0 Å². The monoisotopic (exact) mass is 323 g/mol. The molecule has 0 radical (unpaired) electrons. The fourth-order valence-electron chi connectivity index (χ4n) is 2.58. The van der Waals surface area contributed by atoms with Crippen molar-refractivity contribution in [1.29, 1.82) is 0 Å². The van der Waals surface area contributed by atoms with Crippen molar-refractivity contribution < 1.29 is 4.79 Å². The first kappa shape index (κ1) is 16.5. The maximum absolute atomic E-state index is 12.6. The zero-order valence-electron chi connectivity index (χ0n) is 13.9. The molecule has 22 heavy (non-hydrogen) atoms. The highest BCUT2D eigenvalue weighted by atomic mass is 35.5. The molecule has 2 aromatic rings. The van der Waals surface area contributed by atoms with Gasteiger partial charge in [-0.1, -0.05) is 11.6 Å². The second-order valence-electron chi connectivity index (χ2n) is 5.67. The van der Waals surface area contributed by atoms with Crippen LogP contribution in [0, 0.1) is 20.8 Å². The lowest BCUT2D eigenvalue weighted by Gasteiger charge is -2.22. The molecule has 0 spiro atoms. The first-order chi connectivity index (χ1) is 10.2. The van der Waals surface area contributed by atoms with E-state index >= 15 is 0 Å². The molecular formula is C15H22ClN5O. The third-order valence-corrected chi connectivity index (χ3v) is 4.51. The quantitative estimate of drug-likeness (QED) is 0.868. The maximum atomic E-state index is 12.6. The Balaban J connectivity index is 2.17. The van der Waals surface area contributed by atoms with Crippen molar-refractivity contribution in [3.8, 4) is 0 Å². The van der Waals surface area contributed by atoms with Crippen molar-refractivity contribution in [2.24, 2.45) is 7.05 Å². The Morgan fingerprint density at radius 2 is 2.00 bits per heavy atom. The zero-order chi connectivity index (χ0) is 16.6. The van der Waals surface area contributed by atoms with E-state index in [0.717, 1.165) is 22.6 Å². The van der Waals surface area contributed by atoms with Crippen molar-refractivity contribution in [2.75, 3.05) is 7.05 Å². The minimum absolute atomic E-state index is 0.00878. The zero-order valence-corrected chi connectivity index (χ0v) is 14.6. The van der Waals surface area contributed by atoms with E-state index in [1.807, 2.05) is 39.4 Å². The maximum Gasteiger partial charge on any atom is 0.247 e. The summed E-state index contributed by atoms with van der Waals surface area (Å²) in [7, 11) is 3.70. The van der Waals surface area contributed by atoms with Crippen molar-refractivity contribution >= 4 is 17.5 Å². The molecule has 1 amide bonds. The number of nitrogens with zero attached hydrogens (tertiary/aromatic N) is 5. The van der Waals surface area contributed by atoms with Gasteiger partial charge in [0, 0.05) is 31.9 Å². The molecule has 6 nitrogen and oxygen atoms in total. The fraction of sp³-hybridized carbons (Fsp3) is 0.533. The largest absolute Gasteiger partial charge is 0.339 e. The molecule has 0 aliphatic rings. The molecule has 2 aromatic heterocycles. The summed E-state index contributed by atoms with van der Waals surface area (Å²) < 4.78 is 3.49. The Labute approximate surface area is 135 Å². The number of carbonyl (C=O) groups is 1. The van der Waals surface area contributed by atoms with Gasteiger partial charge in [-0.15, -0.1) is 0 Å². The van der Waals surface area contributed by atoms with Crippen molar-refractivity contribution in [3.05, 3.63) is 33.9 Å². The first-order valence-electron chi connectivity index (χ1n) is 7.17. The summed E-state index contributed by atoms with van der Waals surface area (Å²) in [6.07, 6.45) is 1.57. The van der Waals surface area contributed by atoms with E-state index in [4.69, 9.17) is 11.6 Å². The SMILES string of the molecule is Cc1nn(C)c(C)c1CN(C)C(=O)[C@H](C)n1ncc(Cl)c1C. The fourth-order valence-corrected chi connectivity index (χ4v) is 2.71. The average Bonchev–Trinajstić information content (AvgIpc) is 2.92. The van der Waals surface area contributed by atoms with Gasteiger partial charge in [-0.3, -0.25) is 14.2 Å². The molecule has 0 aliphatic heterocycles. The van der Waals surface area contributed by atoms with Gasteiger partial charge in [0.2, 0.25) is 5.91 Å². The minimum Gasteiger partial charge on any atom is -0.339 e. The van der Waals surface area contributed by atoms with Gasteiger partial charge in [-0.05, 0) is 27.7 Å². The summed E-state index contributed by atoms with van der Waals surface area (Å²) in [5.41, 5.74) is 3.90. The predicted molar refractivity (Wildman–Crippen MR) is 85.8 cm³/mol. The van der Waals surface area contributed by atoms with Crippen LogP contribution in [0.4, 0.5) is 0 Å². The molecule has 0 aromatic carbocycles. The van der Waals surface area contributed by atoms with Gasteiger partial charge in [-0.25, -0.2) is 0 Å². The van der Waals surface area contributed by atoms with Crippen LogP contribution in [-0.4, -0.2) is 37.4 Å². The van der Waals surface area contributed by atoms with Gasteiger partial charge >= 0.3 is 0 Å². The standard InChI is InChI=1S/C15H22ClN5O/c1-9-13(10(2)20(6)18-9)8-19(5)15(22)12(4)21-11(3)14(16)7-17-21/h7,12H,8H2,1-6H3/t12-/m0/s1. The molecule has 7 heteroatoms. The van der Waals surface area contributed by atoms with E-state index in [-0.39, 0.29) is 5.91 Å². The Kier molecular flexibility index (Phi) is 4.60. The van der Waals surface area contributed by atoms with Gasteiger partial charge in [0.1, 0.15) is 6.04 Å². The summed E-state index contributed by atoms with van der Waals surface area (Å²) in [4.78, 5) is 14.3. The number of aryl methyl sites for hydroxylation is 2. The van der Waals surface area contributed by atoms with Gasteiger partial charge in [-0.2, -0.15) is 10.2 Å². The lowest BCUT2D eigenvalue weighted by molar-refractivity contribution is -0.133. The molecule has 0 bridgehead atoms. The van der Waals surface area contributed by atoms with E-state index in [1.165, 1.54) is 0 Å². The molecule has 1 atom stereocenters. The summed E-state index contributed by atoms with van der Waals surface area (Å²) in [6.45, 7) is 8.19. The predicted octanol–water partition coefficient (Wildman–Crippen LogP) is 2.41. The number of hydrogen-bond donors (Lipinski definition) is 0. The smallest absolute Gasteiger partial charge is 0.247 e. The highest BCUT2D eigenvalue weighted by Crippen LogP contribution is 2.20. The molecule has 2 heterocycles. The van der Waals surface area contributed by atoms with Crippen LogP contribution in [0.1, 0.15) is 35.6 Å². The van der Waals surface area contributed by atoms with Crippen LogP contribution in [0.3, 0.4) is 0 Å². The van der Waals surface area contributed by atoms with Crippen LogP contribution in [0.5, 0.6) is 0 Å². The van der Waals surface area contributed by atoms with Crippen molar-refractivity contribution in [2.45, 2.75) is 40.3 Å². The average molecular weight is 324 g/mol. The second kappa shape index (κ2) is 6.12. The summed E-state index contributed by atoms with van der Waals surface area (Å²) in [5, 5.41) is 9.14. The summed E-state index contributed by atoms with van der Waals surface area (Å²) >= 11 is 6.01. The van der Waals surface area contributed by atoms with Crippen LogP contribution >= 0.6 is 11.6 Å². The van der Waals surface area contributed by atoms with Crippen molar-refractivity contribution in [1.82, 2.24) is 24.5 Å². The lowest BCUT2D eigenvalue weighted by atomic mass is 10.1. The molecule has 2 rings (SSSR count). The lowest BCUT2D eigenvalue weighted by Crippen LogP contribution is -2.33. The number of hydrogen-bond acceptors (Lipinski definition) is 3. The van der Waals surface area contributed by atoms with Crippen LogP contribution in [0.2, 0.25) is 5.02 Å². The molecule has 0 fully saturated rings. The minimum atomic E-state index is -0.394. The first-order valence-corrected chi connectivity index (χ1v) is 7.55. The number of rotatable bonds is 4. The number of amides is 1. The normalized spacial score (nSPS) is 12.5. The summed E-state index contributed by atoms with van der Waals surface area (Å²) in [5.74, 6) is -0.00878. The summed E-state index contributed by atoms with van der Waals surface area (Å²) in [6, 6.07) is -0.394. The van der Waals surface area contributed by atoms with E-state index in [1.54, 1.807) is 22.8 Å². The molecule has 0 aliphatic carbocycles. The van der Waals surface area contributed by atoms with Crippen LogP contribution in [-0.2, 0) is 18.4 Å². The third-order valence-electron chi connectivity index (χ3n) is 4.14. The van der Waals surface area contributed by atoms with Crippen LogP contribution < -0.4 is 0 Å². The van der Waals surface area contributed by atoms with Gasteiger partial charge < -0.3 is 4.90 Å². The highest BCUT2D eigenvalue weighted by molar-refractivity contribution is 6.31. The number of likely N-dealkylation sites (N-methyl/N-ethyl adjacent to an activating group) is 1. The molecule has 0 saturated heterocycles. The number of halogens is 1. The Morgan fingerprint density at radius 3 is 2.45 bits per heavy atom. The number of carbonyl (C=O) groups excluding carboxylic acids is 1. The van der Waals surface area contributed by atoms with E-state index < -0.39 is 6.04 Å². The van der Waals surface area contributed by atoms with Crippen LogP contribution in [0.25, 0.3) is 0 Å². The third kappa shape index (κ3) is 2.88. The molecule has 0 saturated carbocycles. The molecule has 120 valence electrons. The topological polar surface area (TPSA) is 56.0 Å². The Hall–Kier alpha value is -1.82. The van der Waals surface area contributed by atoms with Gasteiger partial charge in [0.25, 0.3) is 0 Å². The van der Waals surface area contributed by atoms with E-state index in [0.29, 0.717) is 11.6 Å². The van der Waals surface area contributed by atoms with E-state index in [9.17, 15) is 4.79 Å². The van der Waals surface area contributed by atoms with Gasteiger partial charge in [0.05, 0.1) is 22.6 Å².